The lowest BCUT2D eigenvalue weighted by Gasteiger charge is -2.45. The molecule has 5 nitrogen and oxygen atoms in total. The SMILES string of the molecule is NNC(c1ccnnc1)C1CCOC2(CCCCC2)C1. The minimum absolute atomic E-state index is 0.108. The highest BCUT2D eigenvalue weighted by molar-refractivity contribution is 5.13. The predicted octanol–water partition coefficient (Wildman–Crippen LogP) is 2.11. The minimum atomic E-state index is 0.108. The molecule has 1 saturated heterocycles. The quantitative estimate of drug-likeness (QED) is 0.653. The second-order valence-corrected chi connectivity index (χ2v) is 6.17. The predicted molar refractivity (Wildman–Crippen MR) is 76.6 cm³/mol. The number of hydrogen-bond donors (Lipinski definition) is 2. The van der Waals surface area contributed by atoms with Crippen LogP contribution in [0.4, 0.5) is 0 Å². The van der Waals surface area contributed by atoms with Crippen LogP contribution in [0, 0.1) is 5.92 Å². The number of rotatable bonds is 3. The Hall–Kier alpha value is -1.04. The Bertz CT molecular complexity index is 414. The topological polar surface area (TPSA) is 73.1 Å². The lowest BCUT2D eigenvalue weighted by atomic mass is 9.73. The molecular weight excluding hydrogens is 252 g/mol. The van der Waals surface area contributed by atoms with Crippen LogP contribution in [0.2, 0.25) is 0 Å². The molecule has 1 aliphatic heterocycles. The van der Waals surface area contributed by atoms with Gasteiger partial charge >= 0.3 is 0 Å². The van der Waals surface area contributed by atoms with Gasteiger partial charge in [0.05, 0.1) is 17.8 Å². The van der Waals surface area contributed by atoms with E-state index in [-0.39, 0.29) is 11.6 Å². The van der Waals surface area contributed by atoms with Crippen molar-refractivity contribution in [2.24, 2.45) is 11.8 Å². The molecule has 1 aliphatic carbocycles. The van der Waals surface area contributed by atoms with Gasteiger partial charge in [-0.2, -0.15) is 10.2 Å². The van der Waals surface area contributed by atoms with E-state index in [9.17, 15) is 0 Å². The van der Waals surface area contributed by atoms with Crippen LogP contribution in [0.3, 0.4) is 0 Å². The highest BCUT2D eigenvalue weighted by Gasteiger charge is 2.40. The molecule has 5 heteroatoms. The van der Waals surface area contributed by atoms with Crippen molar-refractivity contribution in [1.29, 1.82) is 0 Å². The summed E-state index contributed by atoms with van der Waals surface area (Å²) in [6, 6.07) is 2.15. The first-order chi connectivity index (χ1) is 9.83. The third kappa shape index (κ3) is 2.85. The van der Waals surface area contributed by atoms with Gasteiger partial charge in [0.2, 0.25) is 0 Å². The summed E-state index contributed by atoms with van der Waals surface area (Å²) in [5, 5.41) is 7.82. The smallest absolute Gasteiger partial charge is 0.0686 e. The highest BCUT2D eigenvalue weighted by Crippen LogP contribution is 2.43. The van der Waals surface area contributed by atoms with Crippen LogP contribution in [-0.4, -0.2) is 22.4 Å². The molecule has 1 spiro atoms. The first-order valence-electron chi connectivity index (χ1n) is 7.70. The van der Waals surface area contributed by atoms with Gasteiger partial charge in [0.25, 0.3) is 0 Å². The van der Waals surface area contributed by atoms with Gasteiger partial charge in [-0.1, -0.05) is 19.3 Å². The molecule has 110 valence electrons. The largest absolute Gasteiger partial charge is 0.375 e. The maximum Gasteiger partial charge on any atom is 0.0686 e. The Morgan fingerprint density at radius 3 is 2.85 bits per heavy atom. The summed E-state index contributed by atoms with van der Waals surface area (Å²) in [7, 11) is 0. The minimum Gasteiger partial charge on any atom is -0.375 e. The van der Waals surface area contributed by atoms with E-state index in [1.54, 1.807) is 6.20 Å². The molecule has 3 N–H and O–H groups in total. The molecule has 1 saturated carbocycles. The van der Waals surface area contributed by atoms with Gasteiger partial charge in [-0.15, -0.1) is 0 Å². The van der Waals surface area contributed by atoms with E-state index < -0.39 is 0 Å². The van der Waals surface area contributed by atoms with E-state index >= 15 is 0 Å². The van der Waals surface area contributed by atoms with Gasteiger partial charge in [0, 0.05) is 12.8 Å². The third-order valence-corrected chi connectivity index (χ3v) is 4.91. The first-order valence-corrected chi connectivity index (χ1v) is 7.70. The van der Waals surface area contributed by atoms with Crippen molar-refractivity contribution in [1.82, 2.24) is 15.6 Å². The molecule has 0 radical (unpaired) electrons. The third-order valence-electron chi connectivity index (χ3n) is 4.91. The Kier molecular flexibility index (Phi) is 4.29. The van der Waals surface area contributed by atoms with Crippen molar-refractivity contribution in [2.75, 3.05) is 6.61 Å². The molecular formula is C15H24N4O. The molecule has 20 heavy (non-hydrogen) atoms. The molecule has 3 rings (SSSR count). The number of ether oxygens (including phenoxy) is 1. The van der Waals surface area contributed by atoms with Crippen molar-refractivity contribution in [3.63, 3.8) is 0 Å². The molecule has 2 unspecified atom stereocenters. The second kappa shape index (κ2) is 6.16. The molecule has 2 atom stereocenters. The monoisotopic (exact) mass is 276 g/mol. The van der Waals surface area contributed by atoms with Crippen LogP contribution < -0.4 is 11.3 Å². The van der Waals surface area contributed by atoms with E-state index in [0.717, 1.165) is 25.0 Å². The maximum absolute atomic E-state index is 6.17. The van der Waals surface area contributed by atoms with E-state index in [2.05, 4.69) is 15.6 Å². The van der Waals surface area contributed by atoms with Crippen molar-refractivity contribution in [3.05, 3.63) is 24.0 Å². The number of hydrogen-bond acceptors (Lipinski definition) is 5. The van der Waals surface area contributed by atoms with Crippen LogP contribution in [0.25, 0.3) is 0 Å². The fourth-order valence-corrected chi connectivity index (χ4v) is 3.88. The first kappa shape index (κ1) is 13.9. The summed E-state index contributed by atoms with van der Waals surface area (Å²) in [6.07, 6.45) is 12.0. The van der Waals surface area contributed by atoms with E-state index in [1.165, 1.54) is 32.1 Å². The highest BCUT2D eigenvalue weighted by atomic mass is 16.5. The molecule has 2 heterocycles. The molecule has 0 amide bonds. The van der Waals surface area contributed by atoms with Gasteiger partial charge in [-0.25, -0.2) is 0 Å². The second-order valence-electron chi connectivity index (χ2n) is 6.17. The maximum atomic E-state index is 6.17. The van der Waals surface area contributed by atoms with Crippen molar-refractivity contribution >= 4 is 0 Å². The van der Waals surface area contributed by atoms with Crippen LogP contribution in [0.15, 0.2) is 18.5 Å². The Morgan fingerprint density at radius 2 is 2.15 bits per heavy atom. The van der Waals surface area contributed by atoms with E-state index in [0.29, 0.717) is 5.92 Å². The fraction of sp³-hybridized carbons (Fsp3) is 0.733. The average Bonchev–Trinajstić information content (AvgIpc) is 2.50. The molecule has 2 aliphatic rings. The summed E-state index contributed by atoms with van der Waals surface area (Å²) in [5.41, 5.74) is 4.22. The number of nitrogens with one attached hydrogen (secondary N) is 1. The number of nitrogens with two attached hydrogens (primary N) is 1. The lowest BCUT2D eigenvalue weighted by molar-refractivity contribution is -0.122. The molecule has 0 aromatic carbocycles. The zero-order valence-electron chi connectivity index (χ0n) is 11.9. The average molecular weight is 276 g/mol. The van der Waals surface area contributed by atoms with E-state index in [4.69, 9.17) is 10.6 Å². The molecule has 2 fully saturated rings. The van der Waals surface area contributed by atoms with E-state index in [1.807, 2.05) is 12.3 Å². The van der Waals surface area contributed by atoms with Crippen molar-refractivity contribution in [2.45, 2.75) is 56.6 Å². The normalized spacial score (nSPS) is 27.4. The van der Waals surface area contributed by atoms with Gasteiger partial charge in [-0.05, 0) is 43.2 Å². The summed E-state index contributed by atoms with van der Waals surface area (Å²) in [6.45, 7) is 0.849. The van der Waals surface area contributed by atoms with Crippen LogP contribution in [0.5, 0.6) is 0 Å². The van der Waals surface area contributed by atoms with Gasteiger partial charge < -0.3 is 4.74 Å². The van der Waals surface area contributed by atoms with Crippen molar-refractivity contribution in [3.8, 4) is 0 Å². The van der Waals surface area contributed by atoms with Crippen LogP contribution in [-0.2, 0) is 4.74 Å². The number of aromatic nitrogens is 2. The zero-order valence-corrected chi connectivity index (χ0v) is 11.9. The fourth-order valence-electron chi connectivity index (χ4n) is 3.88. The van der Waals surface area contributed by atoms with Gasteiger partial charge in [0.1, 0.15) is 0 Å². The van der Waals surface area contributed by atoms with Crippen molar-refractivity contribution < 1.29 is 4.74 Å². The number of nitrogens with zero attached hydrogens (tertiary/aromatic N) is 2. The van der Waals surface area contributed by atoms with Gasteiger partial charge in [0.15, 0.2) is 0 Å². The summed E-state index contributed by atoms with van der Waals surface area (Å²) < 4.78 is 6.17. The standard InChI is InChI=1S/C15H24N4O/c16-19-14(13-4-8-17-18-11-13)12-5-9-20-15(10-12)6-2-1-3-7-15/h4,8,11-12,14,19H,1-3,5-7,9-10,16H2. The Morgan fingerprint density at radius 1 is 1.30 bits per heavy atom. The number of hydrazine groups is 1. The Balaban J connectivity index is 1.75. The summed E-state index contributed by atoms with van der Waals surface area (Å²) in [5.74, 6) is 6.32. The van der Waals surface area contributed by atoms with Crippen LogP contribution >= 0.6 is 0 Å². The molecule has 1 aromatic heterocycles. The van der Waals surface area contributed by atoms with Gasteiger partial charge in [-0.3, -0.25) is 11.3 Å². The summed E-state index contributed by atoms with van der Waals surface area (Å²) >= 11 is 0. The molecule has 0 bridgehead atoms. The zero-order chi connectivity index (χ0) is 13.8. The summed E-state index contributed by atoms with van der Waals surface area (Å²) in [4.78, 5) is 0. The van der Waals surface area contributed by atoms with Crippen LogP contribution in [0.1, 0.15) is 56.6 Å². The Labute approximate surface area is 120 Å². The lowest BCUT2D eigenvalue weighted by Crippen LogP contribution is -2.46. The molecule has 1 aromatic rings.